The molecule has 3 rings (SSSR count). The van der Waals surface area contributed by atoms with Crippen LogP contribution in [0.1, 0.15) is 16.7 Å². The molecule has 0 aliphatic carbocycles. The van der Waals surface area contributed by atoms with Crippen molar-refractivity contribution in [3.63, 3.8) is 0 Å². The van der Waals surface area contributed by atoms with E-state index in [0.717, 1.165) is 15.4 Å². The third-order valence-corrected chi connectivity index (χ3v) is 7.31. The summed E-state index contributed by atoms with van der Waals surface area (Å²) < 4.78 is 33.5. The van der Waals surface area contributed by atoms with Crippen molar-refractivity contribution in [2.75, 3.05) is 18.0 Å². The molecule has 0 aliphatic rings. The van der Waals surface area contributed by atoms with E-state index in [-0.39, 0.29) is 10.6 Å². The molecule has 1 amide bonds. The summed E-state index contributed by atoms with van der Waals surface area (Å²) in [5, 5.41) is 4.61. The van der Waals surface area contributed by atoms with Gasteiger partial charge < -0.3 is 4.74 Å². The predicted octanol–water partition coefficient (Wildman–Crippen LogP) is 4.96. The number of hydrogen-bond donors (Lipinski definition) is 1. The maximum absolute atomic E-state index is 13.6. The van der Waals surface area contributed by atoms with Crippen LogP contribution in [0, 0.1) is 13.8 Å². The number of anilines is 1. The highest BCUT2D eigenvalue weighted by Gasteiger charge is 2.29. The van der Waals surface area contributed by atoms with Crippen LogP contribution in [0.3, 0.4) is 0 Å². The summed E-state index contributed by atoms with van der Waals surface area (Å²) in [5.74, 6) is -0.362. The summed E-state index contributed by atoms with van der Waals surface area (Å²) >= 11 is 12.2. The lowest BCUT2D eigenvalue weighted by Crippen LogP contribution is -2.39. The van der Waals surface area contributed by atoms with Crippen LogP contribution in [-0.4, -0.2) is 34.2 Å². The molecule has 10 heteroatoms. The molecule has 3 aromatic rings. The summed E-state index contributed by atoms with van der Waals surface area (Å²) in [6, 6.07) is 16.4. The highest BCUT2D eigenvalue weighted by molar-refractivity contribution is 7.92. The molecule has 0 fully saturated rings. The van der Waals surface area contributed by atoms with E-state index in [1.54, 1.807) is 48.5 Å². The number of nitrogens with zero attached hydrogens (tertiary/aromatic N) is 2. The summed E-state index contributed by atoms with van der Waals surface area (Å²) in [4.78, 5) is 12.8. The Labute approximate surface area is 209 Å². The molecule has 0 aromatic heterocycles. The number of benzene rings is 3. The lowest BCUT2D eigenvalue weighted by Gasteiger charge is -2.25. The molecule has 0 saturated heterocycles. The molecule has 0 aliphatic heterocycles. The SMILES string of the molecule is COc1ccc(C)cc1N(CC(=O)N/N=C\c1c(Cl)cccc1Cl)S(=O)(=O)c1ccc(C)cc1. The van der Waals surface area contributed by atoms with Crippen molar-refractivity contribution in [3.05, 3.63) is 87.4 Å². The normalized spacial score (nSPS) is 11.4. The number of sulfonamides is 1. The molecule has 0 radical (unpaired) electrons. The smallest absolute Gasteiger partial charge is 0.264 e. The Morgan fingerprint density at radius 3 is 2.26 bits per heavy atom. The standard InChI is InChI=1S/C24H23Cl2N3O4S/c1-16-7-10-18(11-8-16)34(31,32)29(22-13-17(2)9-12-23(22)33-3)15-24(30)28-27-14-19-20(25)5-4-6-21(19)26/h4-14H,15H2,1-3H3,(H,28,30)/b27-14-. The number of carbonyl (C=O) groups excluding carboxylic acids is 1. The Morgan fingerprint density at radius 2 is 1.65 bits per heavy atom. The molecule has 0 unspecified atom stereocenters. The molecule has 0 heterocycles. The van der Waals surface area contributed by atoms with Gasteiger partial charge in [0.2, 0.25) is 0 Å². The van der Waals surface area contributed by atoms with Gasteiger partial charge in [0, 0.05) is 5.56 Å². The van der Waals surface area contributed by atoms with Crippen LogP contribution in [0.15, 0.2) is 70.7 Å². The summed E-state index contributed by atoms with van der Waals surface area (Å²) in [6.45, 7) is 3.13. The Bertz CT molecular complexity index is 1310. The molecule has 0 bridgehead atoms. The highest BCUT2D eigenvalue weighted by atomic mass is 35.5. The maximum Gasteiger partial charge on any atom is 0.264 e. The van der Waals surface area contributed by atoms with Gasteiger partial charge in [-0.15, -0.1) is 0 Å². The number of methoxy groups -OCH3 is 1. The van der Waals surface area contributed by atoms with Gasteiger partial charge in [0.25, 0.3) is 15.9 Å². The van der Waals surface area contributed by atoms with E-state index in [1.165, 1.54) is 25.5 Å². The zero-order valence-corrected chi connectivity index (χ0v) is 21.1. The van der Waals surface area contributed by atoms with Crippen molar-refractivity contribution in [2.24, 2.45) is 5.10 Å². The molecule has 0 saturated carbocycles. The second-order valence-electron chi connectivity index (χ2n) is 7.43. The largest absolute Gasteiger partial charge is 0.495 e. The van der Waals surface area contributed by atoms with Crippen molar-refractivity contribution in [3.8, 4) is 5.75 Å². The summed E-state index contributed by atoms with van der Waals surface area (Å²) in [5.41, 5.74) is 4.70. The third-order valence-electron chi connectivity index (χ3n) is 4.88. The zero-order chi connectivity index (χ0) is 24.9. The van der Waals surface area contributed by atoms with Crippen LogP contribution in [0.2, 0.25) is 10.0 Å². The van der Waals surface area contributed by atoms with Crippen molar-refractivity contribution in [1.82, 2.24) is 5.43 Å². The summed E-state index contributed by atoms with van der Waals surface area (Å²) in [7, 11) is -2.67. The monoisotopic (exact) mass is 519 g/mol. The minimum absolute atomic E-state index is 0.0424. The van der Waals surface area contributed by atoms with E-state index in [4.69, 9.17) is 27.9 Å². The number of rotatable bonds is 8. The van der Waals surface area contributed by atoms with Crippen LogP contribution in [0.25, 0.3) is 0 Å². The quantitative estimate of drug-likeness (QED) is 0.336. The van der Waals surface area contributed by atoms with E-state index in [9.17, 15) is 13.2 Å². The van der Waals surface area contributed by atoms with E-state index in [2.05, 4.69) is 10.5 Å². The van der Waals surface area contributed by atoms with Gasteiger partial charge >= 0.3 is 0 Å². The van der Waals surface area contributed by atoms with E-state index in [1.807, 2.05) is 13.8 Å². The topological polar surface area (TPSA) is 88.1 Å². The van der Waals surface area contributed by atoms with Crippen molar-refractivity contribution in [1.29, 1.82) is 0 Å². The summed E-state index contributed by atoms with van der Waals surface area (Å²) in [6.07, 6.45) is 1.30. The van der Waals surface area contributed by atoms with Crippen LogP contribution < -0.4 is 14.5 Å². The van der Waals surface area contributed by atoms with Crippen molar-refractivity contribution < 1.29 is 17.9 Å². The fraction of sp³-hybridized carbons (Fsp3) is 0.167. The number of carbonyl (C=O) groups is 1. The lowest BCUT2D eigenvalue weighted by atomic mass is 10.2. The molecule has 0 atom stereocenters. The first-order valence-electron chi connectivity index (χ1n) is 10.1. The fourth-order valence-corrected chi connectivity index (χ4v) is 5.02. The number of hydrogen-bond acceptors (Lipinski definition) is 5. The molecule has 178 valence electrons. The number of ether oxygens (including phenoxy) is 1. The number of aryl methyl sites for hydroxylation is 2. The first-order chi connectivity index (χ1) is 16.1. The minimum Gasteiger partial charge on any atom is -0.495 e. The third kappa shape index (κ3) is 5.88. The molecule has 1 N–H and O–H groups in total. The number of halogens is 2. The molecule has 7 nitrogen and oxygen atoms in total. The first kappa shape index (κ1) is 25.6. The van der Waals surface area contributed by atoms with Gasteiger partial charge in [0.05, 0.1) is 34.0 Å². The molecular weight excluding hydrogens is 497 g/mol. The minimum atomic E-state index is -4.11. The lowest BCUT2D eigenvalue weighted by molar-refractivity contribution is -0.119. The van der Waals surface area contributed by atoms with Gasteiger partial charge in [-0.25, -0.2) is 13.8 Å². The average molecular weight is 520 g/mol. The molecule has 3 aromatic carbocycles. The number of amides is 1. The van der Waals surface area contributed by atoms with E-state index >= 15 is 0 Å². The average Bonchev–Trinajstić information content (AvgIpc) is 2.79. The first-order valence-corrected chi connectivity index (χ1v) is 12.3. The molecule has 0 spiro atoms. The van der Waals surface area contributed by atoms with Gasteiger partial charge in [-0.1, -0.05) is 53.0 Å². The van der Waals surface area contributed by atoms with Crippen molar-refractivity contribution >= 4 is 51.0 Å². The van der Waals surface area contributed by atoms with Gasteiger partial charge in [-0.3, -0.25) is 9.10 Å². The Hall–Kier alpha value is -3.07. The van der Waals surface area contributed by atoms with E-state index in [0.29, 0.717) is 21.4 Å². The second kappa shape index (κ2) is 10.9. The maximum atomic E-state index is 13.6. The van der Waals surface area contributed by atoms with E-state index < -0.39 is 22.5 Å². The van der Waals surface area contributed by atoms with Crippen LogP contribution in [0.4, 0.5) is 5.69 Å². The second-order valence-corrected chi connectivity index (χ2v) is 10.1. The van der Waals surface area contributed by atoms with Crippen molar-refractivity contribution in [2.45, 2.75) is 18.7 Å². The Morgan fingerprint density at radius 1 is 1.03 bits per heavy atom. The fourth-order valence-electron chi connectivity index (χ4n) is 3.10. The number of hydrazone groups is 1. The molecule has 34 heavy (non-hydrogen) atoms. The number of nitrogens with one attached hydrogen (secondary N) is 1. The van der Waals surface area contributed by atoms with Gasteiger partial charge in [-0.05, 0) is 55.8 Å². The Kier molecular flexibility index (Phi) is 8.19. The predicted molar refractivity (Wildman–Crippen MR) is 136 cm³/mol. The zero-order valence-electron chi connectivity index (χ0n) is 18.7. The molecular formula is C24H23Cl2N3O4S. The van der Waals surface area contributed by atoms with Crippen LogP contribution in [-0.2, 0) is 14.8 Å². The van der Waals surface area contributed by atoms with Crippen LogP contribution in [0.5, 0.6) is 5.75 Å². The Balaban J connectivity index is 1.94. The van der Waals surface area contributed by atoms with Gasteiger partial charge in [-0.2, -0.15) is 5.10 Å². The van der Waals surface area contributed by atoms with Crippen LogP contribution >= 0.6 is 23.2 Å². The van der Waals surface area contributed by atoms with Gasteiger partial charge in [0.1, 0.15) is 12.3 Å². The van der Waals surface area contributed by atoms with Gasteiger partial charge in [0.15, 0.2) is 0 Å². The highest BCUT2D eigenvalue weighted by Crippen LogP contribution is 2.33.